The molecule has 1 aliphatic heterocycles. The summed E-state index contributed by atoms with van der Waals surface area (Å²) in [5.41, 5.74) is 2.82. The van der Waals surface area contributed by atoms with E-state index in [1.807, 2.05) is 26.0 Å². The van der Waals surface area contributed by atoms with E-state index >= 15 is 0 Å². The smallest absolute Gasteiger partial charge is 0.259 e. The van der Waals surface area contributed by atoms with Crippen LogP contribution in [0.4, 0.5) is 5.69 Å². The van der Waals surface area contributed by atoms with Crippen LogP contribution in [0.1, 0.15) is 27.9 Å². The van der Waals surface area contributed by atoms with Crippen molar-refractivity contribution >= 4 is 50.9 Å². The van der Waals surface area contributed by atoms with Gasteiger partial charge in [-0.25, -0.2) is 0 Å². The SMILES string of the molecule is Cc1ccc(C(=O)N(CN2C(=O)C3C4C=CC(C5CC45)C3C2=O)c2ccc(Br)c(Cl)c2C)cc1. The highest BCUT2D eigenvalue weighted by Crippen LogP contribution is 2.65. The maximum absolute atomic E-state index is 13.7. The summed E-state index contributed by atoms with van der Waals surface area (Å²) in [6.07, 6.45) is 5.43. The molecule has 3 amide bonds. The monoisotopic (exact) mass is 538 g/mol. The van der Waals surface area contributed by atoms with Crippen LogP contribution in [0, 0.1) is 49.4 Å². The summed E-state index contributed by atoms with van der Waals surface area (Å²) in [7, 11) is 0. The Morgan fingerprint density at radius 2 is 1.59 bits per heavy atom. The highest BCUT2D eigenvalue weighted by Gasteiger charge is 2.67. The van der Waals surface area contributed by atoms with Gasteiger partial charge in [-0.05, 0) is 89.7 Å². The third kappa shape index (κ3) is 3.14. The molecule has 1 heterocycles. The highest BCUT2D eigenvalue weighted by atomic mass is 79.9. The summed E-state index contributed by atoms with van der Waals surface area (Å²) < 4.78 is 0.722. The predicted octanol–water partition coefficient (Wildman–Crippen LogP) is 5.38. The number of hydrogen-bond acceptors (Lipinski definition) is 3. The minimum Gasteiger partial charge on any atom is -0.289 e. The minimum atomic E-state index is -0.294. The van der Waals surface area contributed by atoms with Crippen LogP contribution >= 0.6 is 27.5 Å². The Morgan fingerprint density at radius 1 is 1.00 bits per heavy atom. The molecular weight excluding hydrogens is 516 g/mol. The van der Waals surface area contributed by atoms with Crippen LogP contribution in [0.15, 0.2) is 53.0 Å². The average Bonchev–Trinajstić information content (AvgIpc) is 3.62. The number of carbonyl (C=O) groups is 3. The van der Waals surface area contributed by atoms with E-state index < -0.39 is 0 Å². The molecule has 2 aromatic rings. The zero-order chi connectivity index (χ0) is 23.9. The van der Waals surface area contributed by atoms with Crippen LogP contribution < -0.4 is 4.90 Å². The Labute approximate surface area is 211 Å². The molecule has 5 nitrogen and oxygen atoms in total. The molecule has 174 valence electrons. The van der Waals surface area contributed by atoms with Gasteiger partial charge in [0.1, 0.15) is 6.67 Å². The largest absolute Gasteiger partial charge is 0.289 e. The van der Waals surface area contributed by atoms with Gasteiger partial charge in [0.15, 0.2) is 0 Å². The van der Waals surface area contributed by atoms with Crippen molar-refractivity contribution < 1.29 is 14.4 Å². The number of carbonyl (C=O) groups excluding carboxylic acids is 3. The summed E-state index contributed by atoms with van der Waals surface area (Å²) >= 11 is 9.94. The van der Waals surface area contributed by atoms with Crippen LogP contribution in [-0.4, -0.2) is 29.3 Å². The first-order chi connectivity index (χ1) is 16.3. The highest BCUT2D eigenvalue weighted by molar-refractivity contribution is 9.10. The number of likely N-dealkylation sites (tertiary alicyclic amines) is 1. The quantitative estimate of drug-likeness (QED) is 0.387. The van der Waals surface area contributed by atoms with E-state index in [4.69, 9.17) is 11.6 Å². The summed E-state index contributed by atoms with van der Waals surface area (Å²) in [6, 6.07) is 10.9. The average molecular weight is 540 g/mol. The third-order valence-corrected chi connectivity index (χ3v) is 9.56. The van der Waals surface area contributed by atoms with Gasteiger partial charge in [0.2, 0.25) is 11.8 Å². The molecule has 0 N–H and O–H groups in total. The number of hydrogen-bond donors (Lipinski definition) is 0. The molecule has 0 spiro atoms. The predicted molar refractivity (Wildman–Crippen MR) is 133 cm³/mol. The fourth-order valence-electron chi connectivity index (χ4n) is 6.34. The molecule has 0 aromatic heterocycles. The number of imide groups is 1. The molecule has 0 radical (unpaired) electrons. The van der Waals surface area contributed by atoms with Crippen molar-refractivity contribution in [3.63, 3.8) is 0 Å². The molecule has 1 saturated heterocycles. The molecule has 2 saturated carbocycles. The zero-order valence-corrected chi connectivity index (χ0v) is 21.2. The van der Waals surface area contributed by atoms with Crippen LogP contribution in [0.3, 0.4) is 0 Å². The molecule has 5 aliphatic rings. The van der Waals surface area contributed by atoms with Crippen molar-refractivity contribution in [3.8, 4) is 0 Å². The Bertz CT molecular complexity index is 1240. The standard InChI is InChI=1S/C27H24BrClN2O3/c1-13-3-5-15(6-4-13)25(32)30(21-10-9-20(28)24(29)14(21)2)12-31-26(33)22-16-7-8-17(19-11-18(16)19)23(22)27(31)34/h3-10,16-19,22-23H,11-12H2,1-2H3. The normalized spacial score (nSPS) is 30.4. The molecule has 2 bridgehead atoms. The minimum absolute atomic E-state index is 0.120. The Morgan fingerprint density at radius 3 is 2.18 bits per heavy atom. The summed E-state index contributed by atoms with van der Waals surface area (Å²) in [4.78, 5) is 43.7. The molecule has 2 aromatic carbocycles. The Balaban J connectivity index is 1.38. The van der Waals surface area contributed by atoms with Gasteiger partial charge in [0.05, 0.1) is 22.5 Å². The first-order valence-electron chi connectivity index (χ1n) is 11.6. The van der Waals surface area contributed by atoms with Gasteiger partial charge in [-0.2, -0.15) is 0 Å². The molecule has 4 aliphatic carbocycles. The van der Waals surface area contributed by atoms with Crippen LogP contribution in [0.5, 0.6) is 0 Å². The van der Waals surface area contributed by atoms with E-state index in [2.05, 4.69) is 28.1 Å². The maximum atomic E-state index is 13.7. The van der Waals surface area contributed by atoms with Gasteiger partial charge in [-0.1, -0.05) is 41.4 Å². The van der Waals surface area contributed by atoms with Gasteiger partial charge in [-0.15, -0.1) is 0 Å². The van der Waals surface area contributed by atoms with E-state index in [9.17, 15) is 14.4 Å². The second-order valence-electron chi connectivity index (χ2n) is 10.0. The van der Waals surface area contributed by atoms with Gasteiger partial charge in [-0.3, -0.25) is 24.2 Å². The lowest BCUT2D eigenvalue weighted by Crippen LogP contribution is -2.45. The topological polar surface area (TPSA) is 57.7 Å². The van der Waals surface area contributed by atoms with Gasteiger partial charge >= 0.3 is 0 Å². The van der Waals surface area contributed by atoms with Crippen molar-refractivity contribution in [2.24, 2.45) is 35.5 Å². The van der Waals surface area contributed by atoms with E-state index in [0.717, 1.165) is 16.5 Å². The number of allylic oxidation sites excluding steroid dienone is 2. The molecule has 7 rings (SSSR count). The lowest BCUT2D eigenvalue weighted by molar-refractivity contribution is -0.140. The van der Waals surface area contributed by atoms with E-state index in [1.165, 1.54) is 9.80 Å². The van der Waals surface area contributed by atoms with Crippen molar-refractivity contribution in [1.29, 1.82) is 0 Å². The van der Waals surface area contributed by atoms with E-state index in [1.54, 1.807) is 24.3 Å². The van der Waals surface area contributed by atoms with E-state index in [0.29, 0.717) is 33.7 Å². The molecule has 7 heteroatoms. The Kier molecular flexibility index (Phi) is 5.05. The number of aryl methyl sites for hydroxylation is 1. The second kappa shape index (κ2) is 7.79. The first-order valence-corrected chi connectivity index (χ1v) is 12.8. The lowest BCUT2D eigenvalue weighted by atomic mass is 9.63. The van der Waals surface area contributed by atoms with Gasteiger partial charge in [0, 0.05) is 10.0 Å². The van der Waals surface area contributed by atoms with Crippen molar-refractivity contribution in [1.82, 2.24) is 4.90 Å². The van der Waals surface area contributed by atoms with Gasteiger partial charge in [0.25, 0.3) is 5.91 Å². The summed E-state index contributed by atoms with van der Waals surface area (Å²) in [5, 5.41) is 0.495. The third-order valence-electron chi connectivity index (χ3n) is 8.18. The molecular formula is C27H24BrClN2O3. The maximum Gasteiger partial charge on any atom is 0.259 e. The molecule has 6 unspecified atom stereocenters. The fraction of sp³-hybridized carbons (Fsp3) is 0.370. The number of nitrogens with zero attached hydrogens (tertiary/aromatic N) is 2. The van der Waals surface area contributed by atoms with Crippen molar-refractivity contribution in [3.05, 3.63) is 74.7 Å². The molecule has 6 atom stereocenters. The molecule has 3 fully saturated rings. The summed E-state index contributed by atoms with van der Waals surface area (Å²) in [6.45, 7) is 3.68. The van der Waals surface area contributed by atoms with Crippen molar-refractivity contribution in [2.75, 3.05) is 11.6 Å². The van der Waals surface area contributed by atoms with Crippen LogP contribution in [0.25, 0.3) is 0 Å². The number of amides is 3. The molecule has 34 heavy (non-hydrogen) atoms. The number of benzene rings is 2. The second-order valence-corrected chi connectivity index (χ2v) is 11.2. The fourth-order valence-corrected chi connectivity index (χ4v) is 6.92. The number of anilines is 1. The number of rotatable bonds is 4. The van der Waals surface area contributed by atoms with E-state index in [-0.39, 0.29) is 48.1 Å². The zero-order valence-electron chi connectivity index (χ0n) is 18.9. The van der Waals surface area contributed by atoms with Crippen LogP contribution in [0.2, 0.25) is 5.02 Å². The van der Waals surface area contributed by atoms with Gasteiger partial charge < -0.3 is 0 Å². The Hall–Kier alpha value is -2.44. The number of halogens is 2. The summed E-state index contributed by atoms with van der Waals surface area (Å²) in [5.74, 6) is 0.189. The first kappa shape index (κ1) is 22.1. The van der Waals surface area contributed by atoms with Crippen LogP contribution in [-0.2, 0) is 9.59 Å². The van der Waals surface area contributed by atoms with Crippen molar-refractivity contribution in [2.45, 2.75) is 20.3 Å². The lowest BCUT2D eigenvalue weighted by Gasteiger charge is -2.37.